The fraction of sp³-hybridized carbons (Fsp3) is 0.286. The van der Waals surface area contributed by atoms with Gasteiger partial charge in [-0.1, -0.05) is 12.1 Å². The lowest BCUT2D eigenvalue weighted by molar-refractivity contribution is -0.122. The van der Waals surface area contributed by atoms with Crippen molar-refractivity contribution in [1.82, 2.24) is 5.43 Å². The molecule has 100 valence electrons. The van der Waals surface area contributed by atoms with Crippen molar-refractivity contribution in [1.29, 1.82) is 10.5 Å². The van der Waals surface area contributed by atoms with E-state index in [9.17, 15) is 9.90 Å². The first-order valence-electron chi connectivity index (χ1n) is 6.00. The van der Waals surface area contributed by atoms with Crippen LogP contribution in [0.15, 0.2) is 29.4 Å². The summed E-state index contributed by atoms with van der Waals surface area (Å²) >= 11 is 0. The summed E-state index contributed by atoms with van der Waals surface area (Å²) in [4.78, 5) is 11.9. The Balaban J connectivity index is 2.48. The van der Waals surface area contributed by atoms with Crippen LogP contribution >= 0.6 is 0 Å². The number of carbonyl (C=O) groups excluding carboxylic acids is 1. The number of hydrazone groups is 1. The third-order valence-electron chi connectivity index (χ3n) is 3.35. The molecule has 1 amide bonds. The number of rotatable bonds is 3. The molecule has 1 aromatic rings. The van der Waals surface area contributed by atoms with Crippen LogP contribution in [0.2, 0.25) is 0 Å². The number of amides is 1. The van der Waals surface area contributed by atoms with Crippen LogP contribution in [0.4, 0.5) is 0 Å². The van der Waals surface area contributed by atoms with Crippen LogP contribution in [0, 0.1) is 34.5 Å². The molecule has 0 bridgehead atoms. The van der Waals surface area contributed by atoms with Crippen molar-refractivity contribution in [3.8, 4) is 17.9 Å². The van der Waals surface area contributed by atoms with E-state index in [1.54, 1.807) is 19.1 Å². The third kappa shape index (κ3) is 2.32. The molecule has 2 atom stereocenters. The Morgan fingerprint density at radius 2 is 1.90 bits per heavy atom. The number of carbonyl (C=O) groups is 1. The summed E-state index contributed by atoms with van der Waals surface area (Å²) in [7, 11) is 0. The number of nitriles is 2. The van der Waals surface area contributed by atoms with E-state index < -0.39 is 17.8 Å². The average Bonchev–Trinajstić information content (AvgIpc) is 2.77. The van der Waals surface area contributed by atoms with Crippen molar-refractivity contribution in [3.63, 3.8) is 0 Å². The Morgan fingerprint density at radius 3 is 2.35 bits per heavy atom. The van der Waals surface area contributed by atoms with Gasteiger partial charge in [-0.3, -0.25) is 4.79 Å². The van der Waals surface area contributed by atoms with Crippen LogP contribution in [0.25, 0.3) is 0 Å². The highest BCUT2D eigenvalue weighted by Crippen LogP contribution is 2.35. The van der Waals surface area contributed by atoms with Crippen LogP contribution in [0.5, 0.6) is 5.75 Å². The fourth-order valence-electron chi connectivity index (χ4n) is 2.36. The molecule has 1 aliphatic rings. The molecule has 2 rings (SSSR count). The quantitative estimate of drug-likeness (QED) is 0.859. The Hall–Kier alpha value is -2.86. The van der Waals surface area contributed by atoms with Gasteiger partial charge >= 0.3 is 0 Å². The summed E-state index contributed by atoms with van der Waals surface area (Å²) < 4.78 is 0. The molecule has 1 aromatic carbocycles. The second-order valence-corrected chi connectivity index (χ2v) is 4.56. The van der Waals surface area contributed by atoms with Gasteiger partial charge in [-0.05, 0) is 24.6 Å². The fourth-order valence-corrected chi connectivity index (χ4v) is 2.36. The molecule has 1 aliphatic heterocycles. The molecule has 20 heavy (non-hydrogen) atoms. The van der Waals surface area contributed by atoms with Crippen LogP contribution in [0.3, 0.4) is 0 Å². The van der Waals surface area contributed by atoms with E-state index in [0.29, 0.717) is 11.3 Å². The number of phenols is 1. The minimum Gasteiger partial charge on any atom is -0.508 e. The van der Waals surface area contributed by atoms with Gasteiger partial charge in [0.25, 0.3) is 0 Å². The Labute approximate surface area is 116 Å². The molecule has 0 saturated heterocycles. The normalized spacial score (nSPS) is 18.9. The minimum absolute atomic E-state index is 0.0826. The molecule has 6 heteroatoms. The lowest BCUT2D eigenvalue weighted by Gasteiger charge is -2.23. The smallest absolute Gasteiger partial charge is 0.249 e. The van der Waals surface area contributed by atoms with Crippen molar-refractivity contribution in [3.05, 3.63) is 29.8 Å². The number of nitrogens with one attached hydrogen (secondary N) is 1. The van der Waals surface area contributed by atoms with Crippen molar-refractivity contribution >= 4 is 11.6 Å². The molecule has 0 saturated carbocycles. The van der Waals surface area contributed by atoms with Crippen LogP contribution in [-0.4, -0.2) is 16.7 Å². The summed E-state index contributed by atoms with van der Waals surface area (Å²) in [5, 5.41) is 31.5. The van der Waals surface area contributed by atoms with E-state index in [1.807, 2.05) is 12.1 Å². The Morgan fingerprint density at radius 1 is 1.30 bits per heavy atom. The third-order valence-corrected chi connectivity index (χ3v) is 3.35. The van der Waals surface area contributed by atoms with Gasteiger partial charge in [0.15, 0.2) is 0 Å². The molecular weight excluding hydrogens is 256 g/mol. The monoisotopic (exact) mass is 268 g/mol. The van der Waals surface area contributed by atoms with E-state index in [4.69, 9.17) is 10.5 Å². The van der Waals surface area contributed by atoms with Crippen molar-refractivity contribution < 1.29 is 9.90 Å². The number of hydrogen-bond donors (Lipinski definition) is 2. The number of hydrogen-bond acceptors (Lipinski definition) is 5. The first-order valence-corrected chi connectivity index (χ1v) is 6.00. The summed E-state index contributed by atoms with van der Waals surface area (Å²) in [5.74, 6) is -2.48. The number of benzene rings is 1. The number of aromatic hydroxyl groups is 1. The molecule has 0 spiro atoms. The van der Waals surface area contributed by atoms with E-state index in [0.717, 1.165) is 0 Å². The maximum atomic E-state index is 11.9. The zero-order valence-electron chi connectivity index (χ0n) is 10.7. The first-order chi connectivity index (χ1) is 9.58. The first kappa shape index (κ1) is 13.6. The molecule has 2 N–H and O–H groups in total. The summed E-state index contributed by atoms with van der Waals surface area (Å²) in [5.41, 5.74) is 3.56. The van der Waals surface area contributed by atoms with Gasteiger partial charge in [0.1, 0.15) is 11.7 Å². The highest BCUT2D eigenvalue weighted by molar-refractivity contribution is 6.07. The number of phenolic OH excluding ortho intramolecular Hbond substituents is 1. The second-order valence-electron chi connectivity index (χ2n) is 4.56. The van der Waals surface area contributed by atoms with E-state index >= 15 is 0 Å². The predicted octanol–water partition coefficient (Wildman–Crippen LogP) is 1.26. The largest absolute Gasteiger partial charge is 0.508 e. The van der Waals surface area contributed by atoms with Crippen LogP contribution in [0.1, 0.15) is 18.4 Å². The zero-order chi connectivity index (χ0) is 14.7. The maximum absolute atomic E-state index is 11.9. The van der Waals surface area contributed by atoms with Gasteiger partial charge in [-0.2, -0.15) is 15.6 Å². The van der Waals surface area contributed by atoms with Crippen LogP contribution in [-0.2, 0) is 4.79 Å². The topological polar surface area (TPSA) is 109 Å². The molecule has 0 aliphatic carbocycles. The summed E-state index contributed by atoms with van der Waals surface area (Å²) in [6, 6.07) is 10.0. The van der Waals surface area contributed by atoms with Crippen molar-refractivity contribution in [2.24, 2.45) is 16.9 Å². The molecule has 0 unspecified atom stereocenters. The van der Waals surface area contributed by atoms with Gasteiger partial charge in [-0.15, -0.1) is 0 Å². The van der Waals surface area contributed by atoms with E-state index in [-0.39, 0.29) is 11.7 Å². The van der Waals surface area contributed by atoms with Crippen molar-refractivity contribution in [2.45, 2.75) is 12.8 Å². The minimum atomic E-state index is -0.974. The molecule has 0 aromatic heterocycles. The molecule has 0 fully saturated rings. The van der Waals surface area contributed by atoms with Crippen LogP contribution < -0.4 is 5.43 Å². The summed E-state index contributed by atoms with van der Waals surface area (Å²) in [6.45, 7) is 1.68. The van der Waals surface area contributed by atoms with Gasteiger partial charge in [0.05, 0.1) is 18.1 Å². The lowest BCUT2D eigenvalue weighted by Crippen LogP contribution is -2.32. The predicted molar refractivity (Wildman–Crippen MR) is 70.3 cm³/mol. The maximum Gasteiger partial charge on any atom is 0.249 e. The molecule has 1 heterocycles. The summed E-state index contributed by atoms with van der Waals surface area (Å²) in [6.07, 6.45) is 0. The Kier molecular flexibility index (Phi) is 3.67. The van der Waals surface area contributed by atoms with Gasteiger partial charge in [0.2, 0.25) is 5.91 Å². The second kappa shape index (κ2) is 5.41. The Bertz CT molecular complexity index is 623. The SMILES string of the molecule is CC1=NNC(=O)[C@H]1[C@H](c1ccc(O)cc1)C(C#N)C#N. The van der Waals surface area contributed by atoms with Crippen molar-refractivity contribution in [2.75, 3.05) is 0 Å². The lowest BCUT2D eigenvalue weighted by atomic mass is 9.76. The van der Waals surface area contributed by atoms with E-state index in [1.165, 1.54) is 12.1 Å². The standard InChI is InChI=1S/C14H12N4O2/c1-8-12(14(20)18-17-8)13(10(6-15)7-16)9-2-4-11(19)5-3-9/h2-5,10,12-13,19H,1H3,(H,18,20)/t12-,13-/m1/s1. The molecule has 0 radical (unpaired) electrons. The average molecular weight is 268 g/mol. The van der Waals surface area contributed by atoms with Gasteiger partial charge < -0.3 is 5.11 Å². The highest BCUT2D eigenvalue weighted by atomic mass is 16.3. The highest BCUT2D eigenvalue weighted by Gasteiger charge is 2.40. The molecular formula is C14H12N4O2. The zero-order valence-corrected chi connectivity index (χ0v) is 10.7. The number of nitrogens with zero attached hydrogens (tertiary/aromatic N) is 3. The van der Waals surface area contributed by atoms with Gasteiger partial charge in [0, 0.05) is 11.6 Å². The van der Waals surface area contributed by atoms with Gasteiger partial charge in [-0.25, -0.2) is 5.43 Å². The molecule has 6 nitrogen and oxygen atoms in total. The van der Waals surface area contributed by atoms with E-state index in [2.05, 4.69) is 10.5 Å².